The van der Waals surface area contributed by atoms with Gasteiger partial charge in [0.2, 0.25) is 15.4 Å². The maximum Gasteiger partial charge on any atom is 0.255 e. The molecule has 7 aromatic rings. The van der Waals surface area contributed by atoms with Gasteiger partial charge in [-0.15, -0.1) is 0 Å². The Kier molecular flexibility index (Phi) is 11.4. The topological polar surface area (TPSA) is 226 Å². The predicted octanol–water partition coefficient (Wildman–Crippen LogP) is 5.89. The number of anilines is 3. The summed E-state index contributed by atoms with van der Waals surface area (Å²) in [6.45, 7) is 2.49. The molecule has 2 heterocycles. The third-order valence-corrected chi connectivity index (χ3v) is 11.6. The van der Waals surface area contributed by atoms with Crippen LogP contribution in [0.15, 0.2) is 130 Å². The van der Waals surface area contributed by atoms with Crippen LogP contribution >= 0.6 is 0 Å². The lowest BCUT2D eigenvalue weighted by Crippen LogP contribution is -2.24. The van der Waals surface area contributed by atoms with Crippen molar-refractivity contribution >= 4 is 60.5 Å². The number of nitrogens with zero attached hydrogens (tertiary/aromatic N) is 1. The fourth-order valence-electron chi connectivity index (χ4n) is 6.80. The molecule has 0 spiro atoms. The Bertz CT molecular complexity index is 2920. The third kappa shape index (κ3) is 8.62. The summed E-state index contributed by atoms with van der Waals surface area (Å²) in [6.07, 6.45) is 1.09. The molecular formula is C44H40N6O8S. The lowest BCUT2D eigenvalue weighted by atomic mass is 10.0. The average Bonchev–Trinajstić information content (AvgIpc) is 3.23. The number of carbonyl (C=O) groups is 2. The molecule has 0 bridgehead atoms. The number of rotatable bonds is 14. The molecule has 59 heavy (non-hydrogen) atoms. The molecule has 0 aliphatic heterocycles. The normalized spacial score (nSPS) is 12.0. The third-order valence-electron chi connectivity index (χ3n) is 9.86. The average molecular weight is 813 g/mol. The number of phenols is 1. The number of pyridine rings is 2. The number of ether oxygens (including phenoxy) is 1. The van der Waals surface area contributed by atoms with Gasteiger partial charge in [-0.2, -0.15) is 0 Å². The number of aromatic amines is 1. The Morgan fingerprint density at radius 1 is 0.898 bits per heavy atom. The van der Waals surface area contributed by atoms with E-state index in [0.29, 0.717) is 57.5 Å². The van der Waals surface area contributed by atoms with E-state index in [1.165, 1.54) is 61.8 Å². The van der Waals surface area contributed by atoms with Crippen LogP contribution in [0.4, 0.5) is 17.1 Å². The summed E-state index contributed by atoms with van der Waals surface area (Å²) < 4.78 is 33.6. The van der Waals surface area contributed by atoms with Crippen LogP contribution in [0.1, 0.15) is 43.5 Å². The molecule has 0 aliphatic rings. The van der Waals surface area contributed by atoms with E-state index < -0.39 is 27.8 Å². The number of amides is 2. The molecule has 5 aromatic carbocycles. The Balaban J connectivity index is 1.03. The van der Waals surface area contributed by atoms with Crippen LogP contribution in [0.3, 0.4) is 0 Å². The van der Waals surface area contributed by atoms with Crippen LogP contribution in [0.2, 0.25) is 0 Å². The molecule has 14 nitrogen and oxygen atoms in total. The first-order valence-corrected chi connectivity index (χ1v) is 19.9. The molecule has 1 unspecified atom stereocenters. The summed E-state index contributed by atoms with van der Waals surface area (Å²) in [4.78, 5) is 44.5. The number of sulfone groups is 1. The highest BCUT2D eigenvalue weighted by molar-refractivity contribution is 7.91. The summed E-state index contributed by atoms with van der Waals surface area (Å²) in [6, 6.07) is 28.9. The Hall–Kier alpha value is -7.07. The minimum Gasteiger partial charge on any atom is -0.506 e. The van der Waals surface area contributed by atoms with Crippen LogP contribution in [-0.4, -0.2) is 60.6 Å². The van der Waals surface area contributed by atoms with Gasteiger partial charge in [0.1, 0.15) is 11.5 Å². The summed E-state index contributed by atoms with van der Waals surface area (Å²) in [7, 11) is -2.65. The van der Waals surface area contributed by atoms with Crippen molar-refractivity contribution in [1.29, 1.82) is 0 Å². The number of fused-ring (bicyclic) bond motifs is 2. The maximum absolute atomic E-state index is 14.1. The number of aromatic hydroxyl groups is 1. The van der Waals surface area contributed by atoms with Crippen LogP contribution in [0, 0.1) is 6.92 Å². The standard InChI is InChI=1S/C44H40N6O8S/c1-25-19-32(22-35-40(25)47-23-36(43(45)54)41(35)48-29-6-4-7-30(21-29)58-2)59(56,57)31-8-3-5-27(20-31)44(55)49-28-11-9-26(10-12-28)17-18-46-24-38(52)33-13-15-37(51)42-34(33)14-16-39(53)50-42/h3-16,19-23,38,46,51-52H,17-18,24H2,1-2H3,(H2,45,54)(H,47,48)(H,49,55)(H,50,53). The SMILES string of the molecule is COc1cccc(Nc2c(C(N)=O)cnc3c(C)cc(S(=O)(=O)c4cccc(C(=O)Nc5ccc(CCNCC(O)c6ccc(O)c7[nH]c(=O)ccc67)cc5)c4)cc23)c1. The van der Waals surface area contributed by atoms with Gasteiger partial charge in [-0.05, 0) is 103 Å². The van der Waals surface area contributed by atoms with Crippen molar-refractivity contribution in [3.8, 4) is 11.5 Å². The number of carbonyl (C=O) groups excluding carboxylic acids is 2. The summed E-state index contributed by atoms with van der Waals surface area (Å²) in [5, 5.41) is 31.1. The monoisotopic (exact) mass is 812 g/mol. The summed E-state index contributed by atoms with van der Waals surface area (Å²) >= 11 is 0. The second-order valence-electron chi connectivity index (χ2n) is 13.8. The van der Waals surface area contributed by atoms with Gasteiger partial charge in [-0.25, -0.2) is 8.42 Å². The van der Waals surface area contributed by atoms with E-state index in [1.54, 1.807) is 55.5 Å². The van der Waals surface area contributed by atoms with Crippen molar-refractivity contribution in [3.05, 3.63) is 154 Å². The molecule has 7 rings (SSSR count). The van der Waals surface area contributed by atoms with Gasteiger partial charge in [-0.3, -0.25) is 19.4 Å². The van der Waals surface area contributed by atoms with E-state index in [1.807, 2.05) is 12.1 Å². The van der Waals surface area contributed by atoms with Crippen LogP contribution < -0.4 is 32.0 Å². The largest absolute Gasteiger partial charge is 0.506 e. The number of nitrogens with two attached hydrogens (primary N) is 1. The van der Waals surface area contributed by atoms with Gasteiger partial charge in [0.05, 0.1) is 45.3 Å². The number of methoxy groups -OCH3 is 1. The molecule has 8 N–H and O–H groups in total. The Morgan fingerprint density at radius 2 is 1.68 bits per heavy atom. The number of aliphatic hydroxyl groups excluding tert-OH is 1. The number of aryl methyl sites for hydroxylation is 1. The highest BCUT2D eigenvalue weighted by Crippen LogP contribution is 2.35. The molecule has 300 valence electrons. The summed E-state index contributed by atoms with van der Waals surface area (Å²) in [5.74, 6) is -0.774. The Labute approximate surface area is 338 Å². The summed E-state index contributed by atoms with van der Waals surface area (Å²) in [5.41, 5.74) is 9.73. The smallest absolute Gasteiger partial charge is 0.255 e. The predicted molar refractivity (Wildman–Crippen MR) is 225 cm³/mol. The molecule has 0 aliphatic carbocycles. The lowest BCUT2D eigenvalue weighted by Gasteiger charge is -2.16. The van der Waals surface area contributed by atoms with E-state index in [0.717, 1.165) is 5.56 Å². The van der Waals surface area contributed by atoms with Gasteiger partial charge in [-0.1, -0.05) is 30.3 Å². The second kappa shape index (κ2) is 16.8. The number of aliphatic hydroxyl groups is 1. The molecule has 0 fully saturated rings. The van der Waals surface area contributed by atoms with E-state index in [-0.39, 0.29) is 50.0 Å². The minimum atomic E-state index is -4.18. The molecule has 2 aromatic heterocycles. The van der Waals surface area contributed by atoms with Crippen molar-refractivity contribution < 1.29 is 33.0 Å². The van der Waals surface area contributed by atoms with Crippen molar-refractivity contribution in [2.45, 2.75) is 29.2 Å². The van der Waals surface area contributed by atoms with Gasteiger partial charge in [0.15, 0.2) is 0 Å². The minimum absolute atomic E-state index is 0.0643. The number of aromatic nitrogens is 2. The van der Waals surface area contributed by atoms with E-state index in [2.05, 4.69) is 25.9 Å². The number of hydrogen-bond acceptors (Lipinski definition) is 11. The molecule has 1 atom stereocenters. The molecular weight excluding hydrogens is 773 g/mol. The number of benzene rings is 5. The van der Waals surface area contributed by atoms with Gasteiger partial charge in [0.25, 0.3) is 11.8 Å². The number of hydrogen-bond donors (Lipinski definition) is 7. The molecule has 0 saturated carbocycles. The van der Waals surface area contributed by atoms with Crippen molar-refractivity contribution in [3.63, 3.8) is 0 Å². The quantitative estimate of drug-likeness (QED) is 0.0641. The number of phenolic OH excluding ortho intramolecular Hbond substituents is 1. The van der Waals surface area contributed by atoms with Crippen LogP contribution in [0.5, 0.6) is 11.5 Å². The molecule has 0 radical (unpaired) electrons. The fraction of sp³-hybridized carbons (Fsp3) is 0.136. The number of primary amides is 1. The number of nitrogens with one attached hydrogen (secondary N) is 4. The molecule has 15 heteroatoms. The zero-order valence-electron chi connectivity index (χ0n) is 31.9. The first-order valence-electron chi connectivity index (χ1n) is 18.5. The molecule has 2 amide bonds. The lowest BCUT2D eigenvalue weighted by molar-refractivity contribution is 0.0998. The maximum atomic E-state index is 14.1. The molecule has 0 saturated heterocycles. The van der Waals surface area contributed by atoms with Crippen LogP contribution in [0.25, 0.3) is 21.8 Å². The van der Waals surface area contributed by atoms with Gasteiger partial charge < -0.3 is 41.6 Å². The van der Waals surface area contributed by atoms with Gasteiger partial charge in [0, 0.05) is 52.6 Å². The van der Waals surface area contributed by atoms with Crippen molar-refractivity contribution in [2.24, 2.45) is 5.73 Å². The van der Waals surface area contributed by atoms with Crippen LogP contribution in [-0.2, 0) is 16.3 Å². The van der Waals surface area contributed by atoms with Gasteiger partial charge >= 0.3 is 0 Å². The van der Waals surface area contributed by atoms with Crippen molar-refractivity contribution in [2.75, 3.05) is 30.8 Å². The first kappa shape index (κ1) is 40.1. The Morgan fingerprint density at radius 3 is 2.44 bits per heavy atom. The van der Waals surface area contributed by atoms with E-state index in [9.17, 15) is 33.0 Å². The zero-order valence-corrected chi connectivity index (χ0v) is 32.8. The highest BCUT2D eigenvalue weighted by atomic mass is 32.2. The highest BCUT2D eigenvalue weighted by Gasteiger charge is 2.24. The van der Waals surface area contributed by atoms with E-state index >= 15 is 0 Å². The van der Waals surface area contributed by atoms with Crippen molar-refractivity contribution in [1.82, 2.24) is 15.3 Å². The van der Waals surface area contributed by atoms with E-state index in [4.69, 9.17) is 10.5 Å². The first-order chi connectivity index (χ1) is 28.3. The fourth-order valence-corrected chi connectivity index (χ4v) is 8.22. The second-order valence-corrected chi connectivity index (χ2v) is 15.8. The zero-order chi connectivity index (χ0) is 41.8. The number of H-pyrrole nitrogens is 1.